The lowest BCUT2D eigenvalue weighted by Crippen LogP contribution is -2.33. The number of rotatable bonds is 3. The van der Waals surface area contributed by atoms with E-state index in [1.165, 1.54) is 0 Å². The van der Waals surface area contributed by atoms with Gasteiger partial charge < -0.3 is 19.7 Å². The monoisotopic (exact) mass is 304 g/mol. The Morgan fingerprint density at radius 3 is 2.41 bits per heavy atom. The Morgan fingerprint density at radius 1 is 1.14 bits per heavy atom. The predicted octanol–water partition coefficient (Wildman–Crippen LogP) is 1.78. The number of nitrogens with one attached hydrogen (secondary N) is 1. The van der Waals surface area contributed by atoms with Crippen LogP contribution >= 0.6 is 0 Å². The van der Waals surface area contributed by atoms with Gasteiger partial charge in [0.2, 0.25) is 0 Å². The summed E-state index contributed by atoms with van der Waals surface area (Å²) in [6, 6.07) is 5.47. The topological polar surface area (TPSA) is 50.8 Å². The second-order valence-corrected chi connectivity index (χ2v) is 6.09. The third-order valence-corrected chi connectivity index (χ3v) is 4.94. The number of likely N-dealkylation sites (tertiary alicyclic amines) is 1. The number of benzene rings is 1. The van der Waals surface area contributed by atoms with Gasteiger partial charge in [0.05, 0.1) is 19.8 Å². The summed E-state index contributed by atoms with van der Waals surface area (Å²) >= 11 is 0. The van der Waals surface area contributed by atoms with E-state index in [9.17, 15) is 4.79 Å². The van der Waals surface area contributed by atoms with Crippen LogP contribution in [0.25, 0.3) is 0 Å². The quantitative estimate of drug-likeness (QED) is 0.925. The molecule has 2 atom stereocenters. The molecule has 0 spiro atoms. The number of ether oxygens (including phenoxy) is 2. The standard InChI is InChI=1S/C17H24N2O3/c1-21-15-5-3-4-14(16(15)22-2)17(20)19-8-6-12-10-18-11-13(12)7-9-19/h3-5,12-13,18H,6-11H2,1-2H3/t12-,13+. The molecule has 5 nitrogen and oxygen atoms in total. The molecular weight excluding hydrogens is 280 g/mol. The molecule has 2 aliphatic heterocycles. The first-order chi connectivity index (χ1) is 10.7. The van der Waals surface area contributed by atoms with Crippen LogP contribution in [0.2, 0.25) is 0 Å². The molecule has 0 aromatic heterocycles. The van der Waals surface area contributed by atoms with Crippen LogP contribution in [0.15, 0.2) is 18.2 Å². The van der Waals surface area contributed by atoms with Crippen LogP contribution in [0.5, 0.6) is 11.5 Å². The molecular formula is C17H24N2O3. The summed E-state index contributed by atoms with van der Waals surface area (Å²) < 4.78 is 10.7. The molecule has 1 N–H and O–H groups in total. The Labute approximate surface area is 131 Å². The molecule has 0 saturated carbocycles. The highest BCUT2D eigenvalue weighted by molar-refractivity contribution is 5.97. The van der Waals surface area contributed by atoms with Crippen molar-refractivity contribution < 1.29 is 14.3 Å². The number of hydrogen-bond donors (Lipinski definition) is 1. The zero-order valence-electron chi connectivity index (χ0n) is 13.3. The van der Waals surface area contributed by atoms with Gasteiger partial charge in [-0.25, -0.2) is 0 Å². The first-order valence-electron chi connectivity index (χ1n) is 7.95. The van der Waals surface area contributed by atoms with Crippen LogP contribution in [0.1, 0.15) is 23.2 Å². The van der Waals surface area contributed by atoms with E-state index < -0.39 is 0 Å². The third-order valence-electron chi connectivity index (χ3n) is 4.94. The van der Waals surface area contributed by atoms with Crippen molar-refractivity contribution in [1.82, 2.24) is 10.2 Å². The van der Waals surface area contributed by atoms with E-state index in [0.717, 1.165) is 39.0 Å². The molecule has 120 valence electrons. The van der Waals surface area contributed by atoms with Gasteiger partial charge >= 0.3 is 0 Å². The van der Waals surface area contributed by atoms with Crippen LogP contribution in [-0.2, 0) is 0 Å². The van der Waals surface area contributed by atoms with Gasteiger partial charge in [-0.2, -0.15) is 0 Å². The van der Waals surface area contributed by atoms with E-state index in [1.54, 1.807) is 14.2 Å². The number of amides is 1. The predicted molar refractivity (Wildman–Crippen MR) is 84.5 cm³/mol. The number of carbonyl (C=O) groups is 1. The number of fused-ring (bicyclic) bond motifs is 1. The Morgan fingerprint density at radius 2 is 1.82 bits per heavy atom. The summed E-state index contributed by atoms with van der Waals surface area (Å²) in [5, 5.41) is 3.46. The van der Waals surface area contributed by atoms with Gasteiger partial charge in [-0.05, 0) is 49.9 Å². The Hall–Kier alpha value is -1.75. The van der Waals surface area contributed by atoms with Crippen molar-refractivity contribution in [3.63, 3.8) is 0 Å². The highest BCUT2D eigenvalue weighted by Gasteiger charge is 2.32. The summed E-state index contributed by atoms with van der Waals surface area (Å²) in [7, 11) is 3.17. The number of hydrogen-bond acceptors (Lipinski definition) is 4. The molecule has 2 fully saturated rings. The summed E-state index contributed by atoms with van der Waals surface area (Å²) in [6.45, 7) is 3.83. The molecule has 2 heterocycles. The molecule has 5 heteroatoms. The summed E-state index contributed by atoms with van der Waals surface area (Å²) in [4.78, 5) is 14.9. The van der Waals surface area contributed by atoms with Crippen LogP contribution in [-0.4, -0.2) is 51.2 Å². The van der Waals surface area contributed by atoms with E-state index in [1.807, 2.05) is 23.1 Å². The zero-order valence-corrected chi connectivity index (χ0v) is 13.3. The molecule has 1 aromatic carbocycles. The van der Waals surface area contributed by atoms with E-state index in [0.29, 0.717) is 28.9 Å². The van der Waals surface area contributed by atoms with Crippen molar-refractivity contribution >= 4 is 5.91 Å². The van der Waals surface area contributed by atoms with Crippen LogP contribution in [0.3, 0.4) is 0 Å². The lowest BCUT2D eigenvalue weighted by atomic mass is 9.92. The first kappa shape index (κ1) is 15.2. The van der Waals surface area contributed by atoms with Gasteiger partial charge in [0.1, 0.15) is 0 Å². The molecule has 2 aliphatic rings. The molecule has 0 unspecified atom stereocenters. The van der Waals surface area contributed by atoms with Crippen molar-refractivity contribution in [2.75, 3.05) is 40.4 Å². The molecule has 2 saturated heterocycles. The third kappa shape index (κ3) is 2.77. The number of methoxy groups -OCH3 is 2. The zero-order chi connectivity index (χ0) is 15.5. The number of carbonyl (C=O) groups excluding carboxylic acids is 1. The van der Waals surface area contributed by atoms with Crippen molar-refractivity contribution in [3.05, 3.63) is 23.8 Å². The second kappa shape index (κ2) is 6.57. The minimum absolute atomic E-state index is 0.0451. The summed E-state index contributed by atoms with van der Waals surface area (Å²) in [6.07, 6.45) is 2.16. The smallest absolute Gasteiger partial charge is 0.257 e. The minimum Gasteiger partial charge on any atom is -0.493 e. The lowest BCUT2D eigenvalue weighted by molar-refractivity contribution is 0.0754. The fraction of sp³-hybridized carbons (Fsp3) is 0.588. The van der Waals surface area contributed by atoms with Crippen LogP contribution < -0.4 is 14.8 Å². The van der Waals surface area contributed by atoms with Crippen LogP contribution in [0, 0.1) is 11.8 Å². The maximum atomic E-state index is 12.9. The van der Waals surface area contributed by atoms with Crippen molar-refractivity contribution in [1.29, 1.82) is 0 Å². The van der Waals surface area contributed by atoms with Gasteiger partial charge in [0.15, 0.2) is 11.5 Å². The van der Waals surface area contributed by atoms with E-state index in [2.05, 4.69) is 5.32 Å². The second-order valence-electron chi connectivity index (χ2n) is 6.09. The summed E-state index contributed by atoms with van der Waals surface area (Å²) in [5.74, 6) is 2.60. The largest absolute Gasteiger partial charge is 0.493 e. The summed E-state index contributed by atoms with van der Waals surface area (Å²) in [5.41, 5.74) is 0.590. The van der Waals surface area contributed by atoms with E-state index in [-0.39, 0.29) is 5.91 Å². The maximum Gasteiger partial charge on any atom is 0.257 e. The SMILES string of the molecule is COc1cccc(C(=O)N2CC[C@@H]3CNC[C@@H]3CC2)c1OC. The fourth-order valence-corrected chi connectivity index (χ4v) is 3.65. The normalized spacial score (nSPS) is 24.5. The highest BCUT2D eigenvalue weighted by Crippen LogP contribution is 2.33. The van der Waals surface area contributed by atoms with Gasteiger partial charge in [-0.3, -0.25) is 4.79 Å². The van der Waals surface area contributed by atoms with E-state index in [4.69, 9.17) is 9.47 Å². The Balaban J connectivity index is 1.79. The average molecular weight is 304 g/mol. The molecule has 3 rings (SSSR count). The maximum absolute atomic E-state index is 12.9. The van der Waals surface area contributed by atoms with Crippen LogP contribution in [0.4, 0.5) is 0 Å². The average Bonchev–Trinajstić information content (AvgIpc) is 2.91. The molecule has 1 amide bonds. The van der Waals surface area contributed by atoms with Gasteiger partial charge in [0.25, 0.3) is 5.91 Å². The lowest BCUT2D eigenvalue weighted by Gasteiger charge is -2.22. The molecule has 0 aliphatic carbocycles. The molecule has 0 bridgehead atoms. The van der Waals surface area contributed by atoms with Crippen molar-refractivity contribution in [2.45, 2.75) is 12.8 Å². The van der Waals surface area contributed by atoms with Gasteiger partial charge in [-0.15, -0.1) is 0 Å². The molecule has 1 aromatic rings. The molecule has 22 heavy (non-hydrogen) atoms. The van der Waals surface area contributed by atoms with Crippen molar-refractivity contribution in [3.8, 4) is 11.5 Å². The molecule has 0 radical (unpaired) electrons. The van der Waals surface area contributed by atoms with Gasteiger partial charge in [0, 0.05) is 13.1 Å². The number of nitrogens with zero attached hydrogens (tertiary/aromatic N) is 1. The van der Waals surface area contributed by atoms with Gasteiger partial charge in [-0.1, -0.05) is 6.07 Å². The van der Waals surface area contributed by atoms with E-state index >= 15 is 0 Å². The van der Waals surface area contributed by atoms with Crippen molar-refractivity contribution in [2.24, 2.45) is 11.8 Å². The minimum atomic E-state index is 0.0451. The Kier molecular flexibility index (Phi) is 4.52. The fourth-order valence-electron chi connectivity index (χ4n) is 3.65. The highest BCUT2D eigenvalue weighted by atomic mass is 16.5. The first-order valence-corrected chi connectivity index (χ1v) is 7.95. The Bertz CT molecular complexity index is 533. The number of para-hydroxylation sites is 1.